The topological polar surface area (TPSA) is 394 Å². The summed E-state index contributed by atoms with van der Waals surface area (Å²) in [5, 5.41) is 111. The minimum Gasteiger partial charge on any atom is -0.508 e. The van der Waals surface area contributed by atoms with Gasteiger partial charge in [-0.2, -0.15) is 0 Å². The van der Waals surface area contributed by atoms with E-state index in [1.54, 1.807) is 0 Å². The number of esters is 1. The Bertz CT molecular complexity index is 2230. The van der Waals surface area contributed by atoms with Crippen molar-refractivity contribution < 1.29 is 89.1 Å². The molecule has 1 aromatic carbocycles. The molecule has 81 heavy (non-hydrogen) atoms. The third kappa shape index (κ3) is 21.0. The molecule has 0 aromatic heterocycles. The van der Waals surface area contributed by atoms with Crippen LogP contribution < -0.4 is 26.6 Å². The molecule has 3 aliphatic rings. The zero-order valence-corrected chi connectivity index (χ0v) is 47.7. The number of amides is 7. The quantitative estimate of drug-likeness (QED) is 0.0482. The molecule has 0 saturated carbocycles. The van der Waals surface area contributed by atoms with Gasteiger partial charge in [0.25, 0.3) is 0 Å². The van der Waals surface area contributed by atoms with E-state index in [0.29, 0.717) is 19.3 Å². The number of fused-ring (bicyclic) bond motifs is 2. The third-order valence-electron chi connectivity index (χ3n) is 15.0. The molecule has 25 nitrogen and oxygen atoms in total. The van der Waals surface area contributed by atoms with Gasteiger partial charge < -0.3 is 87.1 Å². The predicted octanol–water partition coefficient (Wildman–Crippen LogP) is -0.561. The summed E-state index contributed by atoms with van der Waals surface area (Å²) in [5.41, 5.74) is -0.532. The number of rotatable bonds is 23. The van der Waals surface area contributed by atoms with Crippen LogP contribution in [0.5, 0.6) is 5.75 Å². The van der Waals surface area contributed by atoms with Crippen molar-refractivity contribution in [1.29, 1.82) is 0 Å². The number of hydrogen-bond acceptors (Lipinski definition) is 18. The average molecular weight is 1150 g/mol. The highest BCUT2D eigenvalue weighted by atomic mass is 16.6. The van der Waals surface area contributed by atoms with E-state index in [4.69, 9.17) is 4.74 Å². The van der Waals surface area contributed by atoms with Crippen LogP contribution in [0.2, 0.25) is 0 Å². The van der Waals surface area contributed by atoms with Crippen molar-refractivity contribution >= 4 is 47.3 Å². The molecule has 3 aliphatic heterocycles. The number of unbranched alkanes of at least 4 members (excludes halogenated alkanes) is 13. The van der Waals surface area contributed by atoms with Gasteiger partial charge in [-0.05, 0) is 65.2 Å². The smallest absolute Gasteiger partial charge is 0.306 e. The molecule has 0 bridgehead atoms. The maximum atomic E-state index is 14.4. The fraction of sp³-hybridized carbons (Fsp3) is 0.750. The molecular formula is C56H91N7O18. The Morgan fingerprint density at radius 2 is 1.11 bits per heavy atom. The van der Waals surface area contributed by atoms with Crippen LogP contribution in [0.15, 0.2) is 24.3 Å². The number of nitrogens with one attached hydrogen (secondary N) is 5. The van der Waals surface area contributed by atoms with Crippen LogP contribution in [0.1, 0.15) is 169 Å². The zero-order valence-electron chi connectivity index (χ0n) is 47.7. The highest BCUT2D eigenvalue weighted by molar-refractivity contribution is 5.98. The van der Waals surface area contributed by atoms with Gasteiger partial charge in [-0.15, -0.1) is 0 Å². The van der Waals surface area contributed by atoms with E-state index in [1.165, 1.54) is 19.1 Å². The SMILES string of the molecule is C[C@@H](O)C1NC(=O)[C@H]([C@H](O)[C@@H](O)c2ccc(O)cc2)NC(=O)[C@@H]2C[C@@H](O)CN2C(=O)[C@H]([C@@H](C)O)NC(=O)[C@@H](NC(=O)CCCCCCCCCCCCCCCCC(=O)OC(C)(C)C)C[C@@H](O)[C@@H](O)NC(=O)[C@@H]2[C@@H](O)[C@@H](C)CN2C1=O. The van der Waals surface area contributed by atoms with Crippen molar-refractivity contribution in [3.05, 3.63) is 29.8 Å². The molecule has 15 atom stereocenters. The molecule has 3 fully saturated rings. The van der Waals surface area contributed by atoms with Gasteiger partial charge in [0, 0.05) is 44.7 Å². The van der Waals surface area contributed by atoms with E-state index in [0.717, 1.165) is 113 Å². The average Bonchev–Trinajstić information content (AvgIpc) is 4.05. The Balaban J connectivity index is 1.49. The van der Waals surface area contributed by atoms with Crippen LogP contribution in [0.3, 0.4) is 0 Å². The number of benzene rings is 1. The van der Waals surface area contributed by atoms with Crippen molar-refractivity contribution in [2.75, 3.05) is 13.1 Å². The van der Waals surface area contributed by atoms with Crippen LogP contribution in [-0.4, -0.2) is 201 Å². The fourth-order valence-corrected chi connectivity index (χ4v) is 10.4. The van der Waals surface area contributed by atoms with Gasteiger partial charge >= 0.3 is 5.97 Å². The Labute approximate surface area is 473 Å². The number of carbonyl (C=O) groups excluding carboxylic acids is 8. The number of nitrogens with zero attached hydrogens (tertiary/aromatic N) is 2. The summed E-state index contributed by atoms with van der Waals surface area (Å²) < 4.78 is 5.35. The zero-order chi connectivity index (χ0) is 60.3. The Kier molecular flexibility index (Phi) is 27.1. The minimum atomic E-state index is -2.28. The first-order valence-corrected chi connectivity index (χ1v) is 28.7. The number of carbonyl (C=O) groups is 8. The van der Waals surface area contributed by atoms with E-state index >= 15 is 0 Å². The van der Waals surface area contributed by atoms with E-state index in [-0.39, 0.29) is 30.2 Å². The molecule has 1 unspecified atom stereocenters. The second-order valence-corrected chi connectivity index (χ2v) is 23.2. The van der Waals surface area contributed by atoms with Crippen molar-refractivity contribution in [2.24, 2.45) is 5.92 Å². The molecule has 14 N–H and O–H groups in total. The Morgan fingerprint density at radius 1 is 0.630 bits per heavy atom. The number of ether oxygens (including phenoxy) is 1. The van der Waals surface area contributed by atoms with Crippen molar-refractivity contribution in [2.45, 2.75) is 248 Å². The fourth-order valence-electron chi connectivity index (χ4n) is 10.4. The monoisotopic (exact) mass is 1150 g/mol. The van der Waals surface area contributed by atoms with E-state index < -0.39 is 157 Å². The second-order valence-electron chi connectivity index (χ2n) is 23.2. The number of aromatic hydroxyl groups is 1. The summed E-state index contributed by atoms with van der Waals surface area (Å²) in [6, 6.07) is -6.66. The van der Waals surface area contributed by atoms with Crippen LogP contribution in [0.4, 0.5) is 0 Å². The molecule has 3 saturated heterocycles. The molecular weight excluding hydrogens is 1060 g/mol. The van der Waals surface area contributed by atoms with Crippen molar-refractivity contribution in [3.63, 3.8) is 0 Å². The third-order valence-corrected chi connectivity index (χ3v) is 15.0. The van der Waals surface area contributed by atoms with Gasteiger partial charge in [-0.25, -0.2) is 0 Å². The van der Waals surface area contributed by atoms with Gasteiger partial charge in [0.15, 0.2) is 6.23 Å². The largest absolute Gasteiger partial charge is 0.508 e. The first-order valence-electron chi connectivity index (χ1n) is 28.7. The molecule has 458 valence electrons. The van der Waals surface area contributed by atoms with Gasteiger partial charge in [0.05, 0.1) is 24.4 Å². The lowest BCUT2D eigenvalue weighted by molar-refractivity contribution is -0.155. The Morgan fingerprint density at radius 3 is 1.63 bits per heavy atom. The maximum absolute atomic E-state index is 14.4. The van der Waals surface area contributed by atoms with E-state index in [9.17, 15) is 84.3 Å². The molecule has 7 amide bonds. The lowest BCUT2D eigenvalue weighted by Gasteiger charge is -2.34. The molecule has 0 spiro atoms. The molecule has 0 aliphatic carbocycles. The van der Waals surface area contributed by atoms with E-state index in [1.807, 2.05) is 20.8 Å². The molecule has 4 rings (SSSR count). The summed E-state index contributed by atoms with van der Waals surface area (Å²) in [5.74, 6) is -9.17. The van der Waals surface area contributed by atoms with E-state index in [2.05, 4.69) is 26.6 Å². The van der Waals surface area contributed by atoms with Crippen LogP contribution in [0, 0.1) is 5.92 Å². The molecule has 25 heteroatoms. The number of aliphatic hydroxyl groups is 8. The summed E-state index contributed by atoms with van der Waals surface area (Å²) in [6.07, 6.45) is -2.51. The number of phenolic OH excluding ortho intramolecular Hbond substituents is 1. The highest BCUT2D eigenvalue weighted by Gasteiger charge is 2.50. The summed E-state index contributed by atoms with van der Waals surface area (Å²) in [7, 11) is 0. The lowest BCUT2D eigenvalue weighted by Crippen LogP contribution is -2.64. The summed E-state index contributed by atoms with van der Waals surface area (Å²) in [6.45, 7) is 8.36. The first-order chi connectivity index (χ1) is 38.1. The van der Waals surface area contributed by atoms with Crippen LogP contribution >= 0.6 is 0 Å². The number of phenols is 1. The van der Waals surface area contributed by atoms with Crippen LogP contribution in [0.25, 0.3) is 0 Å². The normalized spacial score (nSPS) is 28.0. The van der Waals surface area contributed by atoms with Gasteiger partial charge in [0.2, 0.25) is 41.4 Å². The standard InChI is InChI=1S/C56H91N7O18/c1-31-29-63-45(46(31)71)53(78)61-51(76)39(68)28-37(57-40(69)21-19-17-15-13-11-9-7-8-10-12-14-16-18-20-22-41(70)81-56(4,5)6)49(74)58-42(32(2)64)54(79)62-30-36(67)27-38(62)50(75)60-44(52(77)59-43(33(3)65)55(63)80)48(73)47(72)34-23-25-35(66)26-24-34/h23-26,31-33,36-39,42-48,51,64-68,71-73,76H,7-22,27-30H2,1-6H3,(H,57,69)(H,58,74)(H,59,77)(H,60,75)(H,61,78)/t31-,32+,33+,36+,37-,38-,39+,42-,43?,44-,45-,46-,47-,48-,51+/m0/s1. The van der Waals surface area contributed by atoms with Gasteiger partial charge in [-0.3, -0.25) is 38.4 Å². The van der Waals surface area contributed by atoms with Gasteiger partial charge in [-0.1, -0.05) is 96.1 Å². The predicted molar refractivity (Wildman–Crippen MR) is 291 cm³/mol. The second kappa shape index (κ2) is 32.3. The summed E-state index contributed by atoms with van der Waals surface area (Å²) >= 11 is 0. The van der Waals surface area contributed by atoms with Crippen molar-refractivity contribution in [3.8, 4) is 5.75 Å². The molecule has 0 radical (unpaired) electrons. The number of hydrogen-bond donors (Lipinski definition) is 14. The van der Waals surface area contributed by atoms with Crippen molar-refractivity contribution in [1.82, 2.24) is 36.4 Å². The molecule has 3 heterocycles. The minimum absolute atomic E-state index is 0.0649. The number of aliphatic hydroxyl groups excluding tert-OH is 8. The van der Waals surface area contributed by atoms with Gasteiger partial charge in [0.1, 0.15) is 65.9 Å². The lowest BCUT2D eigenvalue weighted by atomic mass is 9.96. The molecule has 1 aromatic rings. The maximum Gasteiger partial charge on any atom is 0.306 e. The van der Waals surface area contributed by atoms with Crippen LogP contribution in [-0.2, 0) is 43.1 Å². The summed E-state index contributed by atoms with van der Waals surface area (Å²) in [4.78, 5) is 112. The first kappa shape index (κ1) is 68.0. The Hall–Kier alpha value is -5.54. The highest BCUT2D eigenvalue weighted by Crippen LogP contribution is 2.28.